The van der Waals surface area contributed by atoms with E-state index in [4.69, 9.17) is 4.84 Å². The van der Waals surface area contributed by atoms with Crippen LogP contribution >= 0.6 is 0 Å². The van der Waals surface area contributed by atoms with Gasteiger partial charge in [-0.25, -0.2) is 5.48 Å². The molecular weight excluding hydrogens is 290 g/mol. The molecule has 0 aromatic heterocycles. The zero-order valence-corrected chi connectivity index (χ0v) is 13.7. The first-order chi connectivity index (χ1) is 10.9. The van der Waals surface area contributed by atoms with Crippen LogP contribution in [0.4, 0.5) is 0 Å². The second kappa shape index (κ2) is 7.40. The van der Waals surface area contributed by atoms with Crippen LogP contribution in [-0.4, -0.2) is 22.7 Å². The van der Waals surface area contributed by atoms with E-state index in [2.05, 4.69) is 5.48 Å². The van der Waals surface area contributed by atoms with Gasteiger partial charge in [-0.3, -0.25) is 9.63 Å². The summed E-state index contributed by atoms with van der Waals surface area (Å²) in [5, 5.41) is 10.6. The van der Waals surface area contributed by atoms with Gasteiger partial charge in [-0.15, -0.1) is 0 Å². The summed E-state index contributed by atoms with van der Waals surface area (Å²) in [5.74, 6) is -1.02. The lowest BCUT2D eigenvalue weighted by Gasteiger charge is -2.25. The molecule has 0 aliphatic heterocycles. The van der Waals surface area contributed by atoms with E-state index in [-0.39, 0.29) is 0 Å². The highest BCUT2D eigenvalue weighted by Gasteiger charge is 2.30. The summed E-state index contributed by atoms with van der Waals surface area (Å²) in [7, 11) is 0. The average molecular weight is 313 g/mol. The van der Waals surface area contributed by atoms with E-state index in [0.29, 0.717) is 0 Å². The fourth-order valence-corrected chi connectivity index (χ4v) is 2.29. The van der Waals surface area contributed by atoms with Crippen molar-refractivity contribution in [2.24, 2.45) is 0 Å². The Bertz CT molecular complexity index is 581. The summed E-state index contributed by atoms with van der Waals surface area (Å²) < 4.78 is 0. The minimum atomic E-state index is -1.25. The standard InChI is InChI=1S/C19H23NO3/c1-19(2,3)23-20-18(22)17(21)16(14-10-6-4-7-11-14)15-12-8-5-9-13-15/h4-13,16-17,21H,1-3H3,(H,20,22). The normalized spacial score (nSPS) is 12.9. The molecule has 0 aliphatic carbocycles. The molecule has 1 unspecified atom stereocenters. The van der Waals surface area contributed by atoms with E-state index in [1.165, 1.54) is 0 Å². The average Bonchev–Trinajstić information content (AvgIpc) is 2.54. The number of carbonyl (C=O) groups excluding carboxylic acids is 1. The van der Waals surface area contributed by atoms with Gasteiger partial charge in [0, 0.05) is 5.92 Å². The predicted molar refractivity (Wildman–Crippen MR) is 89.7 cm³/mol. The van der Waals surface area contributed by atoms with E-state index in [9.17, 15) is 9.90 Å². The summed E-state index contributed by atoms with van der Waals surface area (Å²) in [5.41, 5.74) is 3.57. The highest BCUT2D eigenvalue weighted by atomic mass is 16.7. The van der Waals surface area contributed by atoms with Crippen molar-refractivity contribution in [3.63, 3.8) is 0 Å². The number of hydrogen-bond acceptors (Lipinski definition) is 3. The largest absolute Gasteiger partial charge is 0.382 e. The number of benzene rings is 2. The van der Waals surface area contributed by atoms with Gasteiger partial charge in [0.15, 0.2) is 0 Å². The summed E-state index contributed by atoms with van der Waals surface area (Å²) in [6, 6.07) is 19.0. The topological polar surface area (TPSA) is 58.6 Å². The zero-order valence-electron chi connectivity index (χ0n) is 13.7. The number of amides is 1. The lowest BCUT2D eigenvalue weighted by molar-refractivity contribution is -0.154. The van der Waals surface area contributed by atoms with Crippen LogP contribution in [0, 0.1) is 0 Å². The predicted octanol–water partition coefficient (Wildman–Crippen LogP) is 3.03. The van der Waals surface area contributed by atoms with Gasteiger partial charge in [0.25, 0.3) is 5.91 Å². The molecule has 0 aliphatic rings. The van der Waals surface area contributed by atoms with E-state index in [1.807, 2.05) is 81.4 Å². The number of rotatable bonds is 5. The molecule has 0 saturated carbocycles. The van der Waals surface area contributed by atoms with Crippen molar-refractivity contribution in [2.45, 2.75) is 38.4 Å². The van der Waals surface area contributed by atoms with E-state index < -0.39 is 23.5 Å². The van der Waals surface area contributed by atoms with Crippen molar-refractivity contribution < 1.29 is 14.7 Å². The Labute approximate surface area is 137 Å². The molecule has 0 bridgehead atoms. The number of hydroxylamine groups is 1. The maximum Gasteiger partial charge on any atom is 0.273 e. The van der Waals surface area contributed by atoms with E-state index in [1.54, 1.807) is 0 Å². The first-order valence-electron chi connectivity index (χ1n) is 7.64. The first-order valence-corrected chi connectivity index (χ1v) is 7.64. The van der Waals surface area contributed by atoms with Gasteiger partial charge in [-0.2, -0.15) is 0 Å². The van der Waals surface area contributed by atoms with Crippen molar-refractivity contribution in [1.82, 2.24) is 5.48 Å². The quantitative estimate of drug-likeness (QED) is 0.834. The summed E-state index contributed by atoms with van der Waals surface area (Å²) >= 11 is 0. The molecule has 0 saturated heterocycles. The number of hydrogen-bond donors (Lipinski definition) is 2. The van der Waals surface area contributed by atoms with Gasteiger partial charge in [-0.1, -0.05) is 60.7 Å². The van der Waals surface area contributed by atoms with Crippen LogP contribution in [0.1, 0.15) is 37.8 Å². The third kappa shape index (κ3) is 4.91. The summed E-state index contributed by atoms with van der Waals surface area (Å²) in [6.45, 7) is 5.47. The fourth-order valence-electron chi connectivity index (χ4n) is 2.29. The second-order valence-corrected chi connectivity index (χ2v) is 6.42. The molecule has 2 rings (SSSR count). The molecule has 23 heavy (non-hydrogen) atoms. The van der Waals surface area contributed by atoms with Gasteiger partial charge >= 0.3 is 0 Å². The molecule has 1 atom stereocenters. The van der Waals surface area contributed by atoms with Gasteiger partial charge in [-0.05, 0) is 31.9 Å². The number of aliphatic hydroxyl groups excluding tert-OH is 1. The Morgan fingerprint density at radius 2 is 1.39 bits per heavy atom. The zero-order chi connectivity index (χ0) is 16.9. The molecule has 2 N–H and O–H groups in total. The lowest BCUT2D eigenvalue weighted by atomic mass is 9.86. The Morgan fingerprint density at radius 3 is 1.78 bits per heavy atom. The van der Waals surface area contributed by atoms with Crippen LogP contribution in [0.3, 0.4) is 0 Å². The smallest absolute Gasteiger partial charge is 0.273 e. The molecule has 0 spiro atoms. The molecule has 122 valence electrons. The van der Waals surface area contributed by atoms with Crippen LogP contribution < -0.4 is 5.48 Å². The molecule has 0 fully saturated rings. The van der Waals surface area contributed by atoms with E-state index >= 15 is 0 Å². The Morgan fingerprint density at radius 1 is 0.957 bits per heavy atom. The number of aliphatic hydroxyl groups is 1. The molecule has 4 nitrogen and oxygen atoms in total. The van der Waals surface area contributed by atoms with Crippen molar-refractivity contribution in [3.8, 4) is 0 Å². The number of nitrogens with one attached hydrogen (secondary N) is 1. The minimum Gasteiger partial charge on any atom is -0.382 e. The minimum absolute atomic E-state index is 0.457. The number of carbonyl (C=O) groups is 1. The molecule has 4 heteroatoms. The maximum atomic E-state index is 12.3. The third-order valence-corrected chi connectivity index (χ3v) is 3.36. The van der Waals surface area contributed by atoms with Crippen LogP contribution in [0.5, 0.6) is 0 Å². The Hall–Kier alpha value is -2.17. The molecule has 0 radical (unpaired) electrons. The van der Waals surface area contributed by atoms with Gasteiger partial charge in [0.05, 0.1) is 5.60 Å². The van der Waals surface area contributed by atoms with Gasteiger partial charge in [0.2, 0.25) is 0 Å². The van der Waals surface area contributed by atoms with Crippen LogP contribution in [-0.2, 0) is 9.63 Å². The molecule has 2 aromatic carbocycles. The van der Waals surface area contributed by atoms with Crippen molar-refractivity contribution in [2.75, 3.05) is 0 Å². The molecule has 0 heterocycles. The summed E-state index contributed by atoms with van der Waals surface area (Å²) in [4.78, 5) is 17.6. The fraction of sp³-hybridized carbons (Fsp3) is 0.316. The van der Waals surface area contributed by atoms with Crippen LogP contribution in [0.15, 0.2) is 60.7 Å². The van der Waals surface area contributed by atoms with Crippen molar-refractivity contribution in [3.05, 3.63) is 71.8 Å². The van der Waals surface area contributed by atoms with Crippen molar-refractivity contribution >= 4 is 5.91 Å². The van der Waals surface area contributed by atoms with Gasteiger partial charge in [0.1, 0.15) is 6.10 Å². The highest BCUT2D eigenvalue weighted by molar-refractivity contribution is 5.81. The summed E-state index contributed by atoms with van der Waals surface area (Å²) in [6.07, 6.45) is -1.25. The highest BCUT2D eigenvalue weighted by Crippen LogP contribution is 2.28. The first kappa shape index (κ1) is 17.2. The molecule has 1 amide bonds. The molecule has 2 aromatic rings. The SMILES string of the molecule is CC(C)(C)ONC(=O)C(O)C(c1ccccc1)c1ccccc1. The Kier molecular flexibility index (Phi) is 5.53. The third-order valence-electron chi connectivity index (χ3n) is 3.36. The van der Waals surface area contributed by atoms with Crippen molar-refractivity contribution in [1.29, 1.82) is 0 Å². The maximum absolute atomic E-state index is 12.3. The lowest BCUT2D eigenvalue weighted by Crippen LogP contribution is -2.42. The van der Waals surface area contributed by atoms with Crippen LogP contribution in [0.2, 0.25) is 0 Å². The van der Waals surface area contributed by atoms with Crippen LogP contribution in [0.25, 0.3) is 0 Å². The monoisotopic (exact) mass is 313 g/mol. The Balaban J connectivity index is 2.25. The second-order valence-electron chi connectivity index (χ2n) is 6.42. The van der Waals surface area contributed by atoms with Gasteiger partial charge < -0.3 is 5.11 Å². The molecular formula is C19H23NO3. The van der Waals surface area contributed by atoms with E-state index in [0.717, 1.165) is 11.1 Å².